The zero-order valence-electron chi connectivity index (χ0n) is 15.2. The molecule has 8 heteroatoms. The molecule has 2 aromatic carbocycles. The lowest BCUT2D eigenvalue weighted by Gasteiger charge is -2.27. The van der Waals surface area contributed by atoms with Gasteiger partial charge in [-0.2, -0.15) is 12.7 Å². The second kappa shape index (κ2) is 7.84. The molecule has 1 N–H and O–H groups in total. The van der Waals surface area contributed by atoms with Crippen LogP contribution in [0.1, 0.15) is 11.1 Å². The van der Waals surface area contributed by atoms with E-state index in [0.29, 0.717) is 5.69 Å². The molecule has 0 aliphatic carbocycles. The molecule has 26 heavy (non-hydrogen) atoms. The van der Waals surface area contributed by atoms with E-state index in [9.17, 15) is 17.6 Å². The minimum absolute atomic E-state index is 0.205. The SMILES string of the molecule is Cc1ccc(C)c(NC(=O)CN(c2ccc(F)cc2)S(=O)(=O)N(C)C)c1. The number of hydrogen-bond donors (Lipinski definition) is 1. The Morgan fingerprint density at radius 1 is 1.08 bits per heavy atom. The summed E-state index contributed by atoms with van der Waals surface area (Å²) in [5.74, 6) is -0.982. The summed E-state index contributed by atoms with van der Waals surface area (Å²) in [5.41, 5.74) is 2.67. The highest BCUT2D eigenvalue weighted by atomic mass is 32.2. The maximum Gasteiger partial charge on any atom is 0.304 e. The lowest BCUT2D eigenvalue weighted by atomic mass is 10.1. The first-order valence-corrected chi connectivity index (χ1v) is 9.34. The van der Waals surface area contributed by atoms with Gasteiger partial charge in [-0.1, -0.05) is 12.1 Å². The molecule has 0 aliphatic heterocycles. The van der Waals surface area contributed by atoms with Gasteiger partial charge in [0.05, 0.1) is 5.69 Å². The lowest BCUT2D eigenvalue weighted by molar-refractivity contribution is -0.114. The summed E-state index contributed by atoms with van der Waals surface area (Å²) in [6.45, 7) is 3.32. The number of hydrogen-bond acceptors (Lipinski definition) is 3. The van der Waals surface area contributed by atoms with Crippen molar-refractivity contribution in [3.05, 3.63) is 59.4 Å². The van der Waals surface area contributed by atoms with Gasteiger partial charge in [0.2, 0.25) is 5.91 Å². The van der Waals surface area contributed by atoms with E-state index in [1.807, 2.05) is 32.0 Å². The van der Waals surface area contributed by atoms with Crippen molar-refractivity contribution < 1.29 is 17.6 Å². The monoisotopic (exact) mass is 379 g/mol. The van der Waals surface area contributed by atoms with Gasteiger partial charge in [0.1, 0.15) is 12.4 Å². The van der Waals surface area contributed by atoms with Gasteiger partial charge in [0.25, 0.3) is 0 Å². The van der Waals surface area contributed by atoms with Crippen molar-refractivity contribution in [3.63, 3.8) is 0 Å². The van der Waals surface area contributed by atoms with Gasteiger partial charge in [0, 0.05) is 19.8 Å². The second-order valence-electron chi connectivity index (χ2n) is 6.14. The number of rotatable bonds is 6. The predicted octanol–water partition coefficient (Wildman–Crippen LogP) is 2.69. The Labute approximate surface area is 153 Å². The van der Waals surface area contributed by atoms with Crippen molar-refractivity contribution in [1.82, 2.24) is 4.31 Å². The van der Waals surface area contributed by atoms with Crippen LogP contribution in [-0.2, 0) is 15.0 Å². The first-order chi connectivity index (χ1) is 12.1. The standard InChI is InChI=1S/C18H22FN3O3S/c1-13-5-6-14(2)17(11-13)20-18(23)12-22(26(24,25)21(3)4)16-9-7-15(19)8-10-16/h5-11H,12H2,1-4H3,(H,20,23). The molecule has 0 bridgehead atoms. The number of benzene rings is 2. The molecule has 0 saturated heterocycles. The Bertz CT molecular complexity index is 896. The summed E-state index contributed by atoms with van der Waals surface area (Å²) in [5, 5.41) is 2.74. The van der Waals surface area contributed by atoms with Crippen LogP contribution in [0, 0.1) is 19.7 Å². The largest absolute Gasteiger partial charge is 0.324 e. The second-order valence-corrected chi connectivity index (χ2v) is 8.21. The number of nitrogens with one attached hydrogen (secondary N) is 1. The molecule has 6 nitrogen and oxygen atoms in total. The summed E-state index contributed by atoms with van der Waals surface area (Å²) in [6, 6.07) is 10.6. The fraction of sp³-hybridized carbons (Fsp3) is 0.278. The third-order valence-electron chi connectivity index (χ3n) is 3.81. The van der Waals surface area contributed by atoms with Crippen molar-refractivity contribution in [3.8, 4) is 0 Å². The van der Waals surface area contributed by atoms with Crippen LogP contribution >= 0.6 is 0 Å². The summed E-state index contributed by atoms with van der Waals surface area (Å²) < 4.78 is 40.3. The molecule has 1 amide bonds. The number of aryl methyl sites for hydroxylation is 2. The van der Waals surface area contributed by atoms with Crippen LogP contribution in [0.2, 0.25) is 0 Å². The van der Waals surface area contributed by atoms with E-state index in [4.69, 9.17) is 0 Å². The molecule has 0 heterocycles. The van der Waals surface area contributed by atoms with Gasteiger partial charge in [0.15, 0.2) is 0 Å². The zero-order chi connectivity index (χ0) is 19.5. The van der Waals surface area contributed by atoms with Gasteiger partial charge < -0.3 is 5.32 Å². The minimum atomic E-state index is -3.93. The number of carbonyl (C=O) groups excluding carboxylic acids is 1. The molecule has 0 aliphatic rings. The molecule has 0 unspecified atom stereocenters. The molecule has 0 aromatic heterocycles. The van der Waals surface area contributed by atoms with Gasteiger partial charge in [-0.15, -0.1) is 0 Å². The third kappa shape index (κ3) is 4.59. The van der Waals surface area contributed by atoms with E-state index >= 15 is 0 Å². The first-order valence-electron chi connectivity index (χ1n) is 7.94. The summed E-state index contributed by atoms with van der Waals surface area (Å²) in [7, 11) is -1.19. The van der Waals surface area contributed by atoms with Crippen molar-refractivity contribution in [2.75, 3.05) is 30.3 Å². The third-order valence-corrected chi connectivity index (χ3v) is 5.63. The summed E-state index contributed by atoms with van der Waals surface area (Å²) in [4.78, 5) is 12.5. The molecular weight excluding hydrogens is 357 g/mol. The van der Waals surface area contributed by atoms with Crippen LogP contribution in [-0.4, -0.2) is 39.3 Å². The Kier molecular flexibility index (Phi) is 5.99. The topological polar surface area (TPSA) is 69.7 Å². The quantitative estimate of drug-likeness (QED) is 0.839. The Hall–Kier alpha value is -2.45. The first kappa shape index (κ1) is 19.9. The number of amides is 1. The van der Waals surface area contributed by atoms with E-state index in [1.54, 1.807) is 0 Å². The molecule has 140 valence electrons. The number of carbonyl (C=O) groups is 1. The molecular formula is C18H22FN3O3S. The predicted molar refractivity (Wildman–Crippen MR) is 101 cm³/mol. The van der Waals surface area contributed by atoms with Crippen molar-refractivity contribution in [2.24, 2.45) is 0 Å². The van der Waals surface area contributed by atoms with Gasteiger partial charge in [-0.25, -0.2) is 8.70 Å². The maximum atomic E-state index is 13.2. The summed E-state index contributed by atoms with van der Waals surface area (Å²) >= 11 is 0. The minimum Gasteiger partial charge on any atom is -0.324 e. The molecule has 0 saturated carbocycles. The highest BCUT2D eigenvalue weighted by Gasteiger charge is 2.27. The van der Waals surface area contributed by atoms with E-state index in [2.05, 4.69) is 5.32 Å². The molecule has 0 radical (unpaired) electrons. The average Bonchev–Trinajstić information content (AvgIpc) is 2.56. The van der Waals surface area contributed by atoms with Crippen LogP contribution in [0.5, 0.6) is 0 Å². The highest BCUT2D eigenvalue weighted by molar-refractivity contribution is 7.90. The van der Waals surface area contributed by atoms with Crippen molar-refractivity contribution >= 4 is 27.5 Å². The van der Waals surface area contributed by atoms with E-state index in [-0.39, 0.29) is 5.69 Å². The Morgan fingerprint density at radius 2 is 1.69 bits per heavy atom. The molecule has 2 aromatic rings. The van der Waals surface area contributed by atoms with Crippen LogP contribution in [0.25, 0.3) is 0 Å². The van der Waals surface area contributed by atoms with E-state index in [1.165, 1.54) is 26.2 Å². The van der Waals surface area contributed by atoms with Crippen LogP contribution in [0.4, 0.5) is 15.8 Å². The fourth-order valence-corrected chi connectivity index (χ4v) is 3.36. The normalized spacial score (nSPS) is 11.5. The van der Waals surface area contributed by atoms with Crippen LogP contribution in [0.3, 0.4) is 0 Å². The highest BCUT2D eigenvalue weighted by Crippen LogP contribution is 2.21. The average molecular weight is 379 g/mol. The lowest BCUT2D eigenvalue weighted by Crippen LogP contribution is -2.44. The molecule has 0 spiro atoms. The number of halogens is 1. The summed E-state index contributed by atoms with van der Waals surface area (Å²) in [6.07, 6.45) is 0. The fourth-order valence-electron chi connectivity index (χ4n) is 2.30. The van der Waals surface area contributed by atoms with Crippen molar-refractivity contribution in [1.29, 1.82) is 0 Å². The van der Waals surface area contributed by atoms with Gasteiger partial charge in [-0.05, 0) is 55.3 Å². The van der Waals surface area contributed by atoms with Crippen molar-refractivity contribution in [2.45, 2.75) is 13.8 Å². The van der Waals surface area contributed by atoms with Crippen LogP contribution in [0.15, 0.2) is 42.5 Å². The Morgan fingerprint density at radius 3 is 2.27 bits per heavy atom. The smallest absolute Gasteiger partial charge is 0.304 e. The number of nitrogens with zero attached hydrogens (tertiary/aromatic N) is 2. The molecule has 0 fully saturated rings. The molecule has 0 atom stereocenters. The number of anilines is 2. The van der Waals surface area contributed by atoms with E-state index in [0.717, 1.165) is 31.9 Å². The van der Waals surface area contributed by atoms with Gasteiger partial charge >= 0.3 is 10.2 Å². The zero-order valence-corrected chi connectivity index (χ0v) is 16.0. The molecule has 2 rings (SSSR count). The van der Waals surface area contributed by atoms with Gasteiger partial charge in [-0.3, -0.25) is 4.79 Å². The van der Waals surface area contributed by atoms with Crippen LogP contribution < -0.4 is 9.62 Å². The maximum absolute atomic E-state index is 13.2. The van der Waals surface area contributed by atoms with E-state index < -0.39 is 28.5 Å². The Balaban J connectivity index is 2.30.